The van der Waals surface area contributed by atoms with Crippen molar-refractivity contribution in [3.63, 3.8) is 0 Å². The van der Waals surface area contributed by atoms with Crippen LogP contribution in [0.5, 0.6) is 5.75 Å². The zero-order valence-corrected chi connectivity index (χ0v) is 22.9. The third kappa shape index (κ3) is 4.59. The minimum Gasteiger partial charge on any atom is -0.480 e. The summed E-state index contributed by atoms with van der Waals surface area (Å²) in [5.41, 5.74) is -1.06. The number of fused-ring (bicyclic) bond motifs is 1. The Labute approximate surface area is 217 Å². The van der Waals surface area contributed by atoms with Gasteiger partial charge in [0.2, 0.25) is 0 Å². The van der Waals surface area contributed by atoms with E-state index in [2.05, 4.69) is 5.32 Å². The lowest BCUT2D eigenvalue weighted by molar-refractivity contribution is 0.00578. The highest BCUT2D eigenvalue weighted by molar-refractivity contribution is 6.66. The Morgan fingerprint density at radius 2 is 1.72 bits per heavy atom. The average Bonchev–Trinajstić information content (AvgIpc) is 3.16. The number of hydrogen-bond acceptors (Lipinski definition) is 5. The number of carbonyl (C=O) groups is 1. The van der Waals surface area contributed by atoms with E-state index in [1.165, 1.54) is 6.07 Å². The molecule has 1 N–H and O–H groups in total. The number of halogens is 2. The van der Waals surface area contributed by atoms with Crippen molar-refractivity contribution in [3.05, 3.63) is 58.4 Å². The fourth-order valence-corrected chi connectivity index (χ4v) is 4.96. The van der Waals surface area contributed by atoms with Crippen LogP contribution >= 0.6 is 11.6 Å². The molecule has 0 aromatic heterocycles. The van der Waals surface area contributed by atoms with E-state index in [1.807, 2.05) is 65.0 Å². The Balaban J connectivity index is 1.79. The molecule has 4 rings (SSSR count). The van der Waals surface area contributed by atoms with Crippen LogP contribution in [0.2, 0.25) is 5.02 Å². The van der Waals surface area contributed by atoms with Crippen LogP contribution in [-0.2, 0) is 19.6 Å². The first-order valence-electron chi connectivity index (χ1n) is 12.2. The molecule has 2 atom stereocenters. The van der Waals surface area contributed by atoms with Gasteiger partial charge in [-0.3, -0.25) is 0 Å². The van der Waals surface area contributed by atoms with E-state index in [-0.39, 0.29) is 17.5 Å². The molecule has 194 valence electrons. The molecule has 36 heavy (non-hydrogen) atoms. The van der Waals surface area contributed by atoms with Gasteiger partial charge in [-0.25, -0.2) is 9.18 Å². The quantitative estimate of drug-likeness (QED) is 0.528. The van der Waals surface area contributed by atoms with Crippen LogP contribution in [0.15, 0.2) is 36.4 Å². The van der Waals surface area contributed by atoms with Crippen LogP contribution in [0.3, 0.4) is 0 Å². The van der Waals surface area contributed by atoms with Crippen LogP contribution in [-0.4, -0.2) is 36.6 Å². The van der Waals surface area contributed by atoms with Gasteiger partial charge in [-0.1, -0.05) is 48.9 Å². The molecule has 2 aliphatic rings. The molecule has 0 saturated carbocycles. The van der Waals surface area contributed by atoms with Gasteiger partial charge in [0.05, 0.1) is 22.8 Å². The predicted molar refractivity (Wildman–Crippen MR) is 139 cm³/mol. The molecule has 0 radical (unpaired) electrons. The smallest absolute Gasteiger partial charge is 0.480 e. The minimum atomic E-state index is -1.05. The largest absolute Gasteiger partial charge is 0.496 e. The van der Waals surface area contributed by atoms with Crippen LogP contribution in [0.1, 0.15) is 72.4 Å². The van der Waals surface area contributed by atoms with E-state index < -0.39 is 41.4 Å². The monoisotopic (exact) mass is 517 g/mol. The molecule has 0 unspecified atom stereocenters. The van der Waals surface area contributed by atoms with Gasteiger partial charge in [-0.05, 0) is 54.0 Å². The molecule has 2 aromatic carbocycles. The van der Waals surface area contributed by atoms with Gasteiger partial charge in [-0.15, -0.1) is 0 Å². The van der Waals surface area contributed by atoms with Crippen LogP contribution in [0.25, 0.3) is 0 Å². The topological polar surface area (TPSA) is 66.0 Å². The molecule has 0 spiro atoms. The van der Waals surface area contributed by atoms with Gasteiger partial charge in [0, 0.05) is 23.0 Å². The van der Waals surface area contributed by atoms with Crippen molar-refractivity contribution in [2.24, 2.45) is 0 Å². The van der Waals surface area contributed by atoms with Crippen molar-refractivity contribution in [3.8, 4) is 5.75 Å². The molecular formula is C27H34BClFNO5. The van der Waals surface area contributed by atoms with E-state index in [0.29, 0.717) is 16.8 Å². The fourth-order valence-electron chi connectivity index (χ4n) is 4.71. The maximum absolute atomic E-state index is 15.1. The molecule has 0 aliphatic carbocycles. The number of amides is 1. The molecule has 9 heteroatoms. The zero-order valence-electron chi connectivity index (χ0n) is 22.1. The predicted octanol–water partition coefficient (Wildman–Crippen LogP) is 5.69. The van der Waals surface area contributed by atoms with Crippen molar-refractivity contribution in [1.82, 2.24) is 5.32 Å². The lowest BCUT2D eigenvalue weighted by Gasteiger charge is -2.34. The third-order valence-electron chi connectivity index (χ3n) is 7.33. The first kappa shape index (κ1) is 26.8. The van der Waals surface area contributed by atoms with Crippen molar-refractivity contribution in [2.45, 2.75) is 83.7 Å². The van der Waals surface area contributed by atoms with Crippen molar-refractivity contribution < 1.29 is 28.0 Å². The SMILES string of the molecule is C[C@H]1c2c(cc(F)c(Cl)c2B2OC(C)(C)C(C)(C)O2)O[C@]1(CNC(=O)OC(C)(C)C)c1ccccc1. The number of carbonyl (C=O) groups excluding carboxylic acids is 1. The van der Waals surface area contributed by atoms with Crippen LogP contribution in [0.4, 0.5) is 9.18 Å². The van der Waals surface area contributed by atoms with E-state index in [1.54, 1.807) is 20.8 Å². The Morgan fingerprint density at radius 3 is 2.28 bits per heavy atom. The van der Waals surface area contributed by atoms with Gasteiger partial charge < -0.3 is 24.1 Å². The molecular weight excluding hydrogens is 484 g/mol. The summed E-state index contributed by atoms with van der Waals surface area (Å²) in [5.74, 6) is -0.641. The van der Waals surface area contributed by atoms with E-state index in [4.69, 9.17) is 30.4 Å². The maximum Gasteiger partial charge on any atom is 0.496 e. The Hall–Kier alpha value is -2.29. The van der Waals surface area contributed by atoms with Crippen LogP contribution < -0.4 is 15.5 Å². The number of nitrogens with one attached hydrogen (secondary N) is 1. The highest BCUT2D eigenvalue weighted by Gasteiger charge is 2.56. The normalized spacial score (nSPS) is 24.3. The third-order valence-corrected chi connectivity index (χ3v) is 7.71. The highest BCUT2D eigenvalue weighted by atomic mass is 35.5. The molecule has 2 aromatic rings. The van der Waals surface area contributed by atoms with Crippen molar-refractivity contribution in [1.29, 1.82) is 0 Å². The van der Waals surface area contributed by atoms with Gasteiger partial charge in [-0.2, -0.15) is 0 Å². The summed E-state index contributed by atoms with van der Waals surface area (Å²) in [5, 5.41) is 2.79. The second-order valence-corrected chi connectivity index (χ2v) is 11.9. The molecule has 1 fully saturated rings. The van der Waals surface area contributed by atoms with Crippen molar-refractivity contribution in [2.75, 3.05) is 6.54 Å². The molecule has 0 bridgehead atoms. The zero-order chi connectivity index (χ0) is 26.7. The van der Waals surface area contributed by atoms with Gasteiger partial charge >= 0.3 is 13.2 Å². The minimum absolute atomic E-state index is 0.0633. The molecule has 2 heterocycles. The van der Waals surface area contributed by atoms with Gasteiger partial charge in [0.15, 0.2) is 5.60 Å². The Kier molecular flexibility index (Phi) is 6.64. The second-order valence-electron chi connectivity index (χ2n) is 11.5. The molecule has 1 amide bonds. The van der Waals surface area contributed by atoms with Crippen molar-refractivity contribution >= 4 is 30.3 Å². The van der Waals surface area contributed by atoms with Gasteiger partial charge in [0.25, 0.3) is 0 Å². The summed E-state index contributed by atoms with van der Waals surface area (Å²) < 4.78 is 39.7. The summed E-state index contributed by atoms with van der Waals surface area (Å²) in [4.78, 5) is 12.6. The number of hydrogen-bond donors (Lipinski definition) is 1. The lowest BCUT2D eigenvalue weighted by atomic mass is 9.69. The first-order chi connectivity index (χ1) is 16.6. The molecule has 6 nitrogen and oxygen atoms in total. The fraction of sp³-hybridized carbons (Fsp3) is 0.519. The molecule has 1 saturated heterocycles. The van der Waals surface area contributed by atoms with E-state index in [9.17, 15) is 4.79 Å². The van der Waals surface area contributed by atoms with E-state index >= 15 is 4.39 Å². The summed E-state index contributed by atoms with van der Waals surface area (Å²) in [6.07, 6.45) is -0.569. The number of benzene rings is 2. The summed E-state index contributed by atoms with van der Waals surface area (Å²) in [7, 11) is -0.886. The summed E-state index contributed by atoms with van der Waals surface area (Å²) in [6, 6.07) is 10.8. The first-order valence-corrected chi connectivity index (χ1v) is 12.5. The maximum atomic E-state index is 15.1. The number of alkyl carbamates (subject to hydrolysis) is 1. The standard InChI is InChI=1S/C27H34BClFNO5/c1-16-20-19(14-18(30)22(29)21(20)28-35-25(5,6)26(7,8)36-28)33-27(16,17-12-10-9-11-13-17)15-31-23(32)34-24(2,3)4/h9-14,16H,15H2,1-8H3,(H,31,32)/t16-,27-/m0/s1. The number of ether oxygens (including phenoxy) is 2. The second kappa shape index (κ2) is 8.93. The molecule has 2 aliphatic heterocycles. The Morgan fingerprint density at radius 1 is 1.14 bits per heavy atom. The summed E-state index contributed by atoms with van der Waals surface area (Å²) in [6.45, 7) is 15.2. The highest BCUT2D eigenvalue weighted by Crippen LogP contribution is 2.51. The number of rotatable bonds is 4. The van der Waals surface area contributed by atoms with Crippen LogP contribution in [0, 0.1) is 5.82 Å². The average molecular weight is 518 g/mol. The lowest BCUT2D eigenvalue weighted by Crippen LogP contribution is -2.47. The van der Waals surface area contributed by atoms with Gasteiger partial charge in [0.1, 0.15) is 17.2 Å². The Bertz CT molecular complexity index is 1150. The summed E-state index contributed by atoms with van der Waals surface area (Å²) >= 11 is 6.57. The van der Waals surface area contributed by atoms with E-state index in [0.717, 1.165) is 5.56 Å².